The van der Waals surface area contributed by atoms with Gasteiger partial charge in [-0.05, 0) is 39.7 Å². The van der Waals surface area contributed by atoms with Gasteiger partial charge in [-0.3, -0.25) is 4.99 Å². The van der Waals surface area contributed by atoms with Crippen LogP contribution in [0.25, 0.3) is 0 Å². The molecule has 5 nitrogen and oxygen atoms in total. The predicted octanol–water partition coefficient (Wildman–Crippen LogP) is 2.21. The van der Waals surface area contributed by atoms with Crippen LogP contribution in [0.2, 0.25) is 0 Å². The lowest BCUT2D eigenvalue weighted by Crippen LogP contribution is -2.42. The SMILES string of the molecule is CCNC(=NCC1CCCO1)NCCN(C)C1CCCC1.I. The zero-order valence-electron chi connectivity index (χ0n) is 14.1. The third-order valence-electron chi connectivity index (χ3n) is 4.53. The summed E-state index contributed by atoms with van der Waals surface area (Å²) < 4.78 is 5.62. The molecule has 1 aliphatic heterocycles. The fourth-order valence-electron chi connectivity index (χ4n) is 3.20. The number of likely N-dealkylation sites (N-methyl/N-ethyl adjacent to an activating group) is 1. The quantitative estimate of drug-likeness (QED) is 0.374. The van der Waals surface area contributed by atoms with E-state index in [4.69, 9.17) is 4.74 Å². The highest BCUT2D eigenvalue weighted by Crippen LogP contribution is 2.21. The smallest absolute Gasteiger partial charge is 0.191 e. The number of hydrogen-bond donors (Lipinski definition) is 2. The van der Waals surface area contributed by atoms with Crippen LogP contribution in [0, 0.1) is 0 Å². The van der Waals surface area contributed by atoms with E-state index in [1.54, 1.807) is 0 Å². The van der Waals surface area contributed by atoms with Gasteiger partial charge in [0.05, 0.1) is 12.6 Å². The number of nitrogens with zero attached hydrogens (tertiary/aromatic N) is 2. The Morgan fingerprint density at radius 1 is 1.18 bits per heavy atom. The Bertz CT molecular complexity index is 315. The van der Waals surface area contributed by atoms with Crippen molar-refractivity contribution in [2.24, 2.45) is 4.99 Å². The summed E-state index contributed by atoms with van der Waals surface area (Å²) in [7, 11) is 2.24. The number of nitrogens with one attached hydrogen (secondary N) is 2. The number of ether oxygens (including phenoxy) is 1. The lowest BCUT2D eigenvalue weighted by atomic mass is 10.2. The molecule has 2 N–H and O–H groups in total. The van der Waals surface area contributed by atoms with Crippen molar-refractivity contribution < 1.29 is 4.74 Å². The molecular weight excluding hydrogens is 391 g/mol. The largest absolute Gasteiger partial charge is 0.376 e. The summed E-state index contributed by atoms with van der Waals surface area (Å²) in [6.07, 6.45) is 8.17. The summed E-state index contributed by atoms with van der Waals surface area (Å²) in [5, 5.41) is 6.76. The summed E-state index contributed by atoms with van der Waals surface area (Å²) in [6, 6.07) is 0.790. The molecule has 130 valence electrons. The van der Waals surface area contributed by atoms with Crippen molar-refractivity contribution in [1.82, 2.24) is 15.5 Å². The fraction of sp³-hybridized carbons (Fsp3) is 0.938. The van der Waals surface area contributed by atoms with Gasteiger partial charge in [0, 0.05) is 32.3 Å². The zero-order valence-corrected chi connectivity index (χ0v) is 16.5. The minimum absolute atomic E-state index is 0. The molecule has 0 aromatic rings. The summed E-state index contributed by atoms with van der Waals surface area (Å²) in [6.45, 7) is 6.70. The normalized spacial score (nSPS) is 22.9. The highest BCUT2D eigenvalue weighted by Gasteiger charge is 2.19. The van der Waals surface area contributed by atoms with Crippen molar-refractivity contribution in [3.8, 4) is 0 Å². The van der Waals surface area contributed by atoms with Crippen molar-refractivity contribution in [2.75, 3.05) is 39.8 Å². The maximum atomic E-state index is 5.62. The molecule has 1 atom stereocenters. The Morgan fingerprint density at radius 3 is 2.59 bits per heavy atom. The van der Waals surface area contributed by atoms with E-state index in [9.17, 15) is 0 Å². The van der Waals surface area contributed by atoms with Gasteiger partial charge in [-0.2, -0.15) is 0 Å². The molecule has 2 fully saturated rings. The van der Waals surface area contributed by atoms with Gasteiger partial charge in [0.15, 0.2) is 5.96 Å². The van der Waals surface area contributed by atoms with Crippen LogP contribution in [0.1, 0.15) is 45.4 Å². The van der Waals surface area contributed by atoms with Crippen LogP contribution in [0.3, 0.4) is 0 Å². The first-order valence-corrected chi connectivity index (χ1v) is 8.63. The number of aliphatic imine (C=N–C) groups is 1. The van der Waals surface area contributed by atoms with Crippen LogP contribution in [0.4, 0.5) is 0 Å². The van der Waals surface area contributed by atoms with Crippen LogP contribution in [0.5, 0.6) is 0 Å². The Morgan fingerprint density at radius 2 is 1.95 bits per heavy atom. The zero-order chi connectivity index (χ0) is 14.9. The third-order valence-corrected chi connectivity index (χ3v) is 4.53. The molecule has 1 aliphatic carbocycles. The van der Waals surface area contributed by atoms with Gasteiger partial charge in [-0.25, -0.2) is 0 Å². The van der Waals surface area contributed by atoms with Crippen LogP contribution >= 0.6 is 24.0 Å². The molecule has 1 saturated heterocycles. The lowest BCUT2D eigenvalue weighted by Gasteiger charge is -2.24. The second-order valence-corrected chi connectivity index (χ2v) is 6.20. The molecule has 0 aromatic carbocycles. The summed E-state index contributed by atoms with van der Waals surface area (Å²) in [4.78, 5) is 7.13. The Balaban J connectivity index is 0.00000242. The first-order chi connectivity index (χ1) is 10.3. The minimum atomic E-state index is 0. The molecule has 0 aromatic heterocycles. The Hall–Kier alpha value is -0.0800. The Labute approximate surface area is 152 Å². The van der Waals surface area contributed by atoms with Crippen LogP contribution < -0.4 is 10.6 Å². The van der Waals surface area contributed by atoms with E-state index in [1.165, 1.54) is 32.1 Å². The Kier molecular flexibility index (Phi) is 10.4. The maximum absolute atomic E-state index is 5.62. The van der Waals surface area contributed by atoms with Gasteiger partial charge < -0.3 is 20.3 Å². The van der Waals surface area contributed by atoms with Crippen LogP contribution in [-0.2, 0) is 4.74 Å². The molecule has 0 spiro atoms. The second kappa shape index (κ2) is 11.5. The average Bonchev–Trinajstić information content (AvgIpc) is 3.17. The molecule has 1 unspecified atom stereocenters. The molecular formula is C16H33IN4O. The molecule has 0 amide bonds. The van der Waals surface area contributed by atoms with Crippen molar-refractivity contribution in [2.45, 2.75) is 57.6 Å². The summed E-state index contributed by atoms with van der Waals surface area (Å²) in [5.41, 5.74) is 0. The summed E-state index contributed by atoms with van der Waals surface area (Å²) in [5.74, 6) is 0.924. The average molecular weight is 424 g/mol. The van der Waals surface area contributed by atoms with E-state index in [0.29, 0.717) is 6.10 Å². The third kappa shape index (κ3) is 7.00. The molecule has 2 rings (SSSR count). The van der Waals surface area contributed by atoms with E-state index in [0.717, 1.165) is 51.2 Å². The van der Waals surface area contributed by atoms with E-state index in [2.05, 4.69) is 34.5 Å². The number of hydrogen-bond acceptors (Lipinski definition) is 3. The van der Waals surface area contributed by atoms with Gasteiger partial charge in [-0.15, -0.1) is 24.0 Å². The summed E-state index contributed by atoms with van der Waals surface area (Å²) >= 11 is 0. The van der Waals surface area contributed by atoms with Crippen molar-refractivity contribution in [1.29, 1.82) is 0 Å². The standard InChI is InChI=1S/C16H32N4O.HI/c1-3-17-16(19-13-15-9-6-12-21-15)18-10-11-20(2)14-7-4-5-8-14;/h14-15H,3-13H2,1-2H3,(H2,17,18,19);1H. The van der Waals surface area contributed by atoms with Crippen molar-refractivity contribution >= 4 is 29.9 Å². The molecule has 1 heterocycles. The van der Waals surface area contributed by atoms with Gasteiger partial charge in [-0.1, -0.05) is 12.8 Å². The lowest BCUT2D eigenvalue weighted by molar-refractivity contribution is 0.117. The highest BCUT2D eigenvalue weighted by atomic mass is 127. The molecule has 0 radical (unpaired) electrons. The van der Waals surface area contributed by atoms with E-state index in [-0.39, 0.29) is 24.0 Å². The predicted molar refractivity (Wildman–Crippen MR) is 103 cm³/mol. The van der Waals surface area contributed by atoms with Gasteiger partial charge >= 0.3 is 0 Å². The van der Waals surface area contributed by atoms with E-state index < -0.39 is 0 Å². The molecule has 22 heavy (non-hydrogen) atoms. The van der Waals surface area contributed by atoms with Crippen molar-refractivity contribution in [3.05, 3.63) is 0 Å². The van der Waals surface area contributed by atoms with Gasteiger partial charge in [0.1, 0.15) is 0 Å². The van der Waals surface area contributed by atoms with Crippen LogP contribution in [0.15, 0.2) is 4.99 Å². The first kappa shape index (κ1) is 20.0. The van der Waals surface area contributed by atoms with Gasteiger partial charge in [0.25, 0.3) is 0 Å². The maximum Gasteiger partial charge on any atom is 0.191 e. The minimum Gasteiger partial charge on any atom is -0.376 e. The second-order valence-electron chi connectivity index (χ2n) is 6.20. The monoisotopic (exact) mass is 424 g/mol. The molecule has 6 heteroatoms. The number of halogens is 1. The number of rotatable bonds is 7. The van der Waals surface area contributed by atoms with Crippen molar-refractivity contribution in [3.63, 3.8) is 0 Å². The molecule has 2 aliphatic rings. The first-order valence-electron chi connectivity index (χ1n) is 8.63. The van der Waals surface area contributed by atoms with Crippen LogP contribution in [-0.4, -0.2) is 62.8 Å². The van der Waals surface area contributed by atoms with Gasteiger partial charge in [0.2, 0.25) is 0 Å². The fourth-order valence-corrected chi connectivity index (χ4v) is 3.20. The topological polar surface area (TPSA) is 48.9 Å². The van der Waals surface area contributed by atoms with E-state index in [1.807, 2.05) is 0 Å². The van der Waals surface area contributed by atoms with E-state index >= 15 is 0 Å². The number of guanidine groups is 1. The molecule has 1 saturated carbocycles. The highest BCUT2D eigenvalue weighted by molar-refractivity contribution is 14.0. The molecule has 0 bridgehead atoms.